The molecule has 2 aromatic carbocycles. The lowest BCUT2D eigenvalue weighted by Crippen LogP contribution is -2.36. The fraction of sp³-hybridized carbons (Fsp3) is 0. The van der Waals surface area contributed by atoms with Crippen LogP contribution in [0.15, 0.2) is 60.7 Å². The third-order valence-corrected chi connectivity index (χ3v) is 5.13. The molecule has 0 saturated carbocycles. The summed E-state index contributed by atoms with van der Waals surface area (Å²) in [6.45, 7) is 0. The standard InChI is InChI=1S/C22H10N2O6/c25-15-7-8-16(26)23(15)13-5-6-14(24-17(27)9-10-18(24)28)20-19(13)21(29)11-3-1-2-4-12(11)22(20)30/h1-10H. The average molecular weight is 398 g/mol. The third-order valence-electron chi connectivity index (χ3n) is 5.13. The lowest BCUT2D eigenvalue weighted by Gasteiger charge is -2.27. The van der Waals surface area contributed by atoms with Gasteiger partial charge in [0.15, 0.2) is 11.6 Å². The smallest absolute Gasteiger partial charge is 0.258 e. The predicted octanol–water partition coefficient (Wildman–Crippen LogP) is 1.32. The lowest BCUT2D eigenvalue weighted by atomic mass is 9.81. The molecule has 2 aliphatic heterocycles. The van der Waals surface area contributed by atoms with Gasteiger partial charge in [-0.3, -0.25) is 28.8 Å². The number of hydrogen-bond donors (Lipinski definition) is 0. The Morgan fingerprint density at radius 1 is 0.467 bits per heavy atom. The van der Waals surface area contributed by atoms with E-state index in [-0.39, 0.29) is 33.6 Å². The van der Waals surface area contributed by atoms with E-state index >= 15 is 0 Å². The van der Waals surface area contributed by atoms with Crippen molar-refractivity contribution in [3.8, 4) is 0 Å². The Bertz CT molecular complexity index is 1180. The Balaban J connectivity index is 1.82. The van der Waals surface area contributed by atoms with E-state index in [0.29, 0.717) is 0 Å². The molecule has 8 nitrogen and oxygen atoms in total. The van der Waals surface area contributed by atoms with E-state index in [4.69, 9.17) is 0 Å². The number of benzene rings is 2. The summed E-state index contributed by atoms with van der Waals surface area (Å²) in [6.07, 6.45) is 4.23. The number of ketones is 2. The first-order valence-corrected chi connectivity index (χ1v) is 8.88. The normalized spacial score (nSPS) is 17.3. The Labute approximate surface area is 168 Å². The Hall–Kier alpha value is -4.46. The van der Waals surface area contributed by atoms with Gasteiger partial charge < -0.3 is 0 Å². The molecule has 0 fully saturated rings. The molecule has 3 aliphatic rings. The summed E-state index contributed by atoms with van der Waals surface area (Å²) in [5.41, 5.74) is -0.333. The van der Waals surface area contributed by atoms with E-state index in [9.17, 15) is 28.8 Å². The van der Waals surface area contributed by atoms with Gasteiger partial charge in [0.25, 0.3) is 23.6 Å². The second kappa shape index (κ2) is 6.02. The van der Waals surface area contributed by atoms with Crippen molar-refractivity contribution in [2.24, 2.45) is 0 Å². The van der Waals surface area contributed by atoms with Crippen LogP contribution in [0.3, 0.4) is 0 Å². The van der Waals surface area contributed by atoms with Crippen LogP contribution in [0.4, 0.5) is 11.4 Å². The number of fused-ring (bicyclic) bond motifs is 2. The Morgan fingerprint density at radius 3 is 1.13 bits per heavy atom. The van der Waals surface area contributed by atoms with Crippen LogP contribution in [0.1, 0.15) is 31.8 Å². The fourth-order valence-electron chi connectivity index (χ4n) is 3.84. The maximum absolute atomic E-state index is 13.3. The maximum atomic E-state index is 13.3. The molecule has 0 unspecified atom stereocenters. The molecule has 0 atom stereocenters. The van der Waals surface area contributed by atoms with Crippen LogP contribution in [0.5, 0.6) is 0 Å². The summed E-state index contributed by atoms with van der Waals surface area (Å²) in [5.74, 6) is -3.82. The average Bonchev–Trinajstić information content (AvgIpc) is 3.25. The van der Waals surface area contributed by atoms with E-state index < -0.39 is 35.2 Å². The quantitative estimate of drug-likeness (QED) is 0.603. The summed E-state index contributed by atoms with van der Waals surface area (Å²) in [4.78, 5) is 77.2. The van der Waals surface area contributed by atoms with Gasteiger partial charge in [0, 0.05) is 35.4 Å². The minimum atomic E-state index is -0.663. The molecule has 0 aromatic heterocycles. The first kappa shape index (κ1) is 17.6. The van der Waals surface area contributed by atoms with Crippen LogP contribution >= 0.6 is 0 Å². The van der Waals surface area contributed by atoms with Crippen molar-refractivity contribution in [1.29, 1.82) is 0 Å². The van der Waals surface area contributed by atoms with Crippen molar-refractivity contribution in [3.63, 3.8) is 0 Å². The van der Waals surface area contributed by atoms with Crippen LogP contribution in [0.25, 0.3) is 0 Å². The third kappa shape index (κ3) is 2.21. The summed E-state index contributed by atoms with van der Waals surface area (Å²) in [5, 5.41) is 0. The molecule has 0 N–H and O–H groups in total. The van der Waals surface area contributed by atoms with Gasteiger partial charge in [-0.15, -0.1) is 0 Å². The van der Waals surface area contributed by atoms with E-state index in [0.717, 1.165) is 34.1 Å². The van der Waals surface area contributed by atoms with Gasteiger partial charge in [-0.05, 0) is 12.1 Å². The number of carbonyl (C=O) groups excluding carboxylic acids is 6. The molecule has 5 rings (SSSR count). The number of amides is 4. The van der Waals surface area contributed by atoms with Gasteiger partial charge in [-0.2, -0.15) is 0 Å². The second-order valence-corrected chi connectivity index (χ2v) is 6.75. The monoisotopic (exact) mass is 398 g/mol. The largest absolute Gasteiger partial charge is 0.288 e. The van der Waals surface area contributed by atoms with Gasteiger partial charge >= 0.3 is 0 Å². The highest BCUT2D eigenvalue weighted by Gasteiger charge is 2.40. The molecule has 2 heterocycles. The van der Waals surface area contributed by atoms with Crippen molar-refractivity contribution >= 4 is 46.6 Å². The Kier molecular flexibility index (Phi) is 3.54. The van der Waals surface area contributed by atoms with E-state index in [1.807, 2.05) is 0 Å². The highest BCUT2D eigenvalue weighted by Crippen LogP contribution is 2.40. The van der Waals surface area contributed by atoms with E-state index in [2.05, 4.69) is 0 Å². The van der Waals surface area contributed by atoms with Crippen LogP contribution in [-0.2, 0) is 19.2 Å². The number of carbonyl (C=O) groups is 6. The number of hydrogen-bond acceptors (Lipinski definition) is 6. The molecular weight excluding hydrogens is 388 g/mol. The SMILES string of the molecule is O=C1c2ccccc2C(=O)c2c(N3C(=O)C=CC3=O)ccc(N3C(=O)C=CC3=O)c21. The molecule has 144 valence electrons. The molecule has 2 aromatic rings. The Morgan fingerprint density at radius 2 is 0.800 bits per heavy atom. The molecule has 30 heavy (non-hydrogen) atoms. The van der Waals surface area contributed by atoms with Crippen molar-refractivity contribution in [1.82, 2.24) is 0 Å². The minimum Gasteiger partial charge on any atom is -0.288 e. The highest BCUT2D eigenvalue weighted by molar-refractivity contribution is 6.38. The molecule has 8 heteroatoms. The zero-order valence-corrected chi connectivity index (χ0v) is 15.1. The molecule has 0 bridgehead atoms. The van der Waals surface area contributed by atoms with Crippen LogP contribution in [0.2, 0.25) is 0 Å². The first-order valence-electron chi connectivity index (χ1n) is 8.88. The van der Waals surface area contributed by atoms with Gasteiger partial charge in [0.1, 0.15) is 0 Å². The van der Waals surface area contributed by atoms with Crippen LogP contribution in [-0.4, -0.2) is 35.2 Å². The van der Waals surface area contributed by atoms with Crippen LogP contribution in [0, 0.1) is 0 Å². The van der Waals surface area contributed by atoms with Crippen molar-refractivity contribution < 1.29 is 28.8 Å². The van der Waals surface area contributed by atoms with Crippen LogP contribution < -0.4 is 9.80 Å². The van der Waals surface area contributed by atoms with Crippen molar-refractivity contribution in [3.05, 3.63) is 83.0 Å². The summed E-state index contributed by atoms with van der Waals surface area (Å²) < 4.78 is 0. The number of nitrogens with zero attached hydrogens (tertiary/aromatic N) is 2. The zero-order chi connectivity index (χ0) is 21.2. The topological polar surface area (TPSA) is 109 Å². The van der Waals surface area contributed by atoms with Gasteiger partial charge in [0.2, 0.25) is 0 Å². The first-order chi connectivity index (χ1) is 14.4. The summed E-state index contributed by atoms with van der Waals surface area (Å²) in [7, 11) is 0. The van der Waals surface area contributed by atoms with Crippen molar-refractivity contribution in [2.75, 3.05) is 9.80 Å². The maximum Gasteiger partial charge on any atom is 0.258 e. The van der Waals surface area contributed by atoms with Gasteiger partial charge in [0.05, 0.1) is 22.5 Å². The minimum absolute atomic E-state index is 0.0753. The molecule has 0 saturated heterocycles. The second-order valence-electron chi connectivity index (χ2n) is 6.75. The highest BCUT2D eigenvalue weighted by atomic mass is 16.2. The predicted molar refractivity (Wildman–Crippen MR) is 103 cm³/mol. The lowest BCUT2D eigenvalue weighted by molar-refractivity contribution is -0.121. The molecule has 1 aliphatic carbocycles. The summed E-state index contributed by atoms with van der Waals surface area (Å²) >= 11 is 0. The van der Waals surface area contributed by atoms with Gasteiger partial charge in [-0.25, -0.2) is 9.80 Å². The molecule has 4 amide bonds. The number of rotatable bonds is 2. The molecule has 0 spiro atoms. The summed E-state index contributed by atoms with van der Waals surface area (Å²) in [6, 6.07) is 8.68. The number of anilines is 2. The molecular formula is C22H10N2O6. The van der Waals surface area contributed by atoms with Gasteiger partial charge in [-0.1, -0.05) is 24.3 Å². The van der Waals surface area contributed by atoms with Crippen molar-refractivity contribution in [2.45, 2.75) is 0 Å². The fourth-order valence-corrected chi connectivity index (χ4v) is 3.84. The number of imide groups is 2. The molecule has 0 radical (unpaired) electrons. The zero-order valence-electron chi connectivity index (χ0n) is 15.1. The van der Waals surface area contributed by atoms with E-state index in [1.54, 1.807) is 12.1 Å². The van der Waals surface area contributed by atoms with E-state index in [1.165, 1.54) is 24.3 Å².